The van der Waals surface area contributed by atoms with Crippen LogP contribution in [0.2, 0.25) is 0 Å². The molecule has 12 heteroatoms. The summed E-state index contributed by atoms with van der Waals surface area (Å²) in [4.78, 5) is 44.5. The number of rotatable bonds is 6. The maximum absolute atomic E-state index is 9.27. The number of nitriles is 2. The third-order valence-electron chi connectivity index (χ3n) is 7.14. The molecule has 7 aromatic heterocycles. The molecule has 0 aromatic carbocycles. The molecule has 0 bridgehead atoms. The molecule has 7 heterocycles. The van der Waals surface area contributed by atoms with Gasteiger partial charge in [0.1, 0.15) is 0 Å². The average molecular weight is 619 g/mol. The summed E-state index contributed by atoms with van der Waals surface area (Å²) in [6.07, 6.45) is 9.65. The molecule has 0 saturated carbocycles. The van der Waals surface area contributed by atoms with Gasteiger partial charge in [-0.2, -0.15) is 10.5 Å². The molecule has 0 aliphatic heterocycles. The van der Waals surface area contributed by atoms with Crippen LogP contribution >= 0.6 is 0 Å². The lowest BCUT2D eigenvalue weighted by atomic mass is 10.1. The molecule has 0 amide bonds. The molecule has 0 saturated heterocycles. The van der Waals surface area contributed by atoms with Crippen LogP contribution in [-0.2, 0) is 0 Å². The predicted octanol–water partition coefficient (Wildman–Crippen LogP) is 6.54. The fraction of sp³-hybridized carbons (Fsp3) is 0. The standard InChI is InChI=1S/C36H18N12/c1-39-27-10-13-42-33(16-27)30-7-4-26(21-45-30)36-47-34(24-2-5-28(43-19-24)31-14-22(17-37)8-11-40-31)46-35(48-36)25-3-6-29(44-20-25)32-15-23(18-38)9-12-41-32/h2-16,19-21H. The van der Waals surface area contributed by atoms with Crippen molar-refractivity contribution in [2.24, 2.45) is 0 Å². The minimum atomic E-state index is 0.371. The summed E-state index contributed by atoms with van der Waals surface area (Å²) < 4.78 is 0. The maximum atomic E-state index is 9.27. The Balaban J connectivity index is 1.28. The first kappa shape index (κ1) is 29.1. The van der Waals surface area contributed by atoms with Crippen LogP contribution in [0, 0.1) is 29.2 Å². The van der Waals surface area contributed by atoms with E-state index in [1.807, 2.05) is 18.2 Å². The van der Waals surface area contributed by atoms with E-state index in [0.717, 1.165) is 0 Å². The lowest BCUT2D eigenvalue weighted by Crippen LogP contribution is -2.01. The zero-order valence-corrected chi connectivity index (χ0v) is 24.8. The van der Waals surface area contributed by atoms with Crippen molar-refractivity contribution in [2.45, 2.75) is 0 Å². The molecule has 12 nitrogen and oxygen atoms in total. The van der Waals surface area contributed by atoms with Gasteiger partial charge in [-0.05, 0) is 72.8 Å². The predicted molar refractivity (Wildman–Crippen MR) is 175 cm³/mol. The Bertz CT molecular complexity index is 2140. The molecule has 0 spiro atoms. The summed E-state index contributed by atoms with van der Waals surface area (Å²) >= 11 is 0. The average Bonchev–Trinajstić information content (AvgIpc) is 3.18. The van der Waals surface area contributed by atoms with Crippen LogP contribution in [0.4, 0.5) is 5.69 Å². The van der Waals surface area contributed by atoms with Gasteiger partial charge in [-0.1, -0.05) is 0 Å². The molecule has 7 rings (SSSR count). The Kier molecular flexibility index (Phi) is 7.75. The Hall–Kier alpha value is -7.62. The van der Waals surface area contributed by atoms with Crippen molar-refractivity contribution in [3.63, 3.8) is 0 Å². The van der Waals surface area contributed by atoms with Gasteiger partial charge in [0.05, 0.1) is 64.0 Å². The highest BCUT2D eigenvalue weighted by Gasteiger charge is 2.15. The molecule has 0 aliphatic carbocycles. The number of hydrogen-bond acceptors (Lipinski definition) is 11. The number of aromatic nitrogens is 9. The van der Waals surface area contributed by atoms with Crippen LogP contribution in [0.5, 0.6) is 0 Å². The molecule has 0 N–H and O–H groups in total. The highest BCUT2D eigenvalue weighted by Crippen LogP contribution is 2.28. The van der Waals surface area contributed by atoms with Gasteiger partial charge in [-0.15, -0.1) is 0 Å². The van der Waals surface area contributed by atoms with Gasteiger partial charge in [0, 0.05) is 53.9 Å². The third-order valence-corrected chi connectivity index (χ3v) is 7.14. The fourth-order valence-electron chi connectivity index (χ4n) is 4.71. The second-order valence-electron chi connectivity index (χ2n) is 10.2. The van der Waals surface area contributed by atoms with Gasteiger partial charge in [0.25, 0.3) is 0 Å². The monoisotopic (exact) mass is 618 g/mol. The van der Waals surface area contributed by atoms with Crippen molar-refractivity contribution in [3.8, 4) is 80.5 Å². The van der Waals surface area contributed by atoms with Crippen molar-refractivity contribution in [1.82, 2.24) is 44.9 Å². The largest absolute Gasteiger partial charge is 0.257 e. The number of pyridine rings is 6. The van der Waals surface area contributed by atoms with Gasteiger partial charge >= 0.3 is 0 Å². The van der Waals surface area contributed by atoms with E-state index in [0.29, 0.717) is 85.1 Å². The van der Waals surface area contributed by atoms with Crippen molar-refractivity contribution >= 4 is 5.69 Å². The van der Waals surface area contributed by atoms with Crippen LogP contribution in [0.15, 0.2) is 110 Å². The van der Waals surface area contributed by atoms with Crippen molar-refractivity contribution < 1.29 is 0 Å². The van der Waals surface area contributed by atoms with Crippen LogP contribution in [0.3, 0.4) is 0 Å². The van der Waals surface area contributed by atoms with Crippen LogP contribution in [-0.4, -0.2) is 44.9 Å². The third kappa shape index (κ3) is 6.02. The Morgan fingerprint density at radius 1 is 0.458 bits per heavy atom. The number of hydrogen-bond donors (Lipinski definition) is 0. The lowest BCUT2D eigenvalue weighted by Gasteiger charge is -2.09. The summed E-state index contributed by atoms with van der Waals surface area (Å²) in [6.45, 7) is 7.29. The van der Waals surface area contributed by atoms with E-state index in [9.17, 15) is 10.5 Å². The summed E-state index contributed by atoms with van der Waals surface area (Å²) in [5.74, 6) is 1.11. The van der Waals surface area contributed by atoms with Crippen molar-refractivity contribution in [1.29, 1.82) is 10.5 Å². The molecule has 0 radical (unpaired) electrons. The lowest BCUT2D eigenvalue weighted by molar-refractivity contribution is 1.06. The molecular formula is C36H18N12. The molecule has 48 heavy (non-hydrogen) atoms. The van der Waals surface area contributed by atoms with Gasteiger partial charge in [-0.3, -0.25) is 29.9 Å². The molecule has 0 aliphatic rings. The number of nitrogens with zero attached hydrogens (tertiary/aromatic N) is 12. The molecule has 0 atom stereocenters. The van der Waals surface area contributed by atoms with Crippen LogP contribution in [0.1, 0.15) is 11.1 Å². The summed E-state index contributed by atoms with van der Waals surface area (Å²) in [7, 11) is 0. The van der Waals surface area contributed by atoms with Crippen LogP contribution < -0.4 is 0 Å². The topological polar surface area (TPSA) is 168 Å². The van der Waals surface area contributed by atoms with Gasteiger partial charge in [-0.25, -0.2) is 19.8 Å². The minimum Gasteiger partial charge on any atom is -0.257 e. The van der Waals surface area contributed by atoms with E-state index >= 15 is 0 Å². The van der Waals surface area contributed by atoms with E-state index in [2.05, 4.69) is 46.9 Å². The Morgan fingerprint density at radius 3 is 1.21 bits per heavy atom. The summed E-state index contributed by atoms with van der Waals surface area (Å²) in [6, 6.07) is 25.1. The van der Waals surface area contributed by atoms with Gasteiger partial charge in [0.2, 0.25) is 0 Å². The highest BCUT2D eigenvalue weighted by molar-refractivity contribution is 5.69. The SMILES string of the molecule is [C-]#[N+]c1ccnc(-c2ccc(-c3nc(-c4ccc(-c5cc(C#N)ccn5)nc4)nc(-c4ccc(-c5cc(C#N)ccn5)nc4)n3)cn2)c1. The highest BCUT2D eigenvalue weighted by atomic mass is 15.0. The molecular weight excluding hydrogens is 600 g/mol. The second kappa shape index (κ2) is 12.8. The zero-order chi connectivity index (χ0) is 32.9. The van der Waals surface area contributed by atoms with Gasteiger partial charge < -0.3 is 0 Å². The second-order valence-corrected chi connectivity index (χ2v) is 10.2. The van der Waals surface area contributed by atoms with Crippen molar-refractivity contribution in [3.05, 3.63) is 133 Å². The zero-order valence-electron chi connectivity index (χ0n) is 24.8. The van der Waals surface area contributed by atoms with E-state index in [1.54, 1.807) is 91.8 Å². The summed E-state index contributed by atoms with van der Waals surface area (Å²) in [5, 5.41) is 18.5. The molecule has 0 unspecified atom stereocenters. The minimum absolute atomic E-state index is 0.371. The Labute approximate surface area is 273 Å². The quantitative estimate of drug-likeness (QED) is 0.186. The summed E-state index contributed by atoms with van der Waals surface area (Å²) in [5.41, 5.74) is 6.84. The normalized spacial score (nSPS) is 10.4. The fourth-order valence-corrected chi connectivity index (χ4v) is 4.71. The molecule has 0 fully saturated rings. The van der Waals surface area contributed by atoms with E-state index in [1.165, 1.54) is 0 Å². The Morgan fingerprint density at radius 2 is 0.854 bits per heavy atom. The van der Waals surface area contributed by atoms with Crippen LogP contribution in [0.25, 0.3) is 73.2 Å². The maximum Gasteiger partial charge on any atom is 0.190 e. The van der Waals surface area contributed by atoms with Crippen molar-refractivity contribution in [2.75, 3.05) is 0 Å². The smallest absolute Gasteiger partial charge is 0.190 e. The first-order chi connectivity index (χ1) is 23.6. The molecule has 222 valence electrons. The first-order valence-electron chi connectivity index (χ1n) is 14.3. The van der Waals surface area contributed by atoms with Gasteiger partial charge in [0.15, 0.2) is 23.2 Å². The first-order valence-corrected chi connectivity index (χ1v) is 14.3. The van der Waals surface area contributed by atoms with E-state index < -0.39 is 0 Å². The van der Waals surface area contributed by atoms with E-state index in [-0.39, 0.29) is 0 Å². The van der Waals surface area contributed by atoms with E-state index in [4.69, 9.17) is 21.5 Å². The molecule has 7 aromatic rings.